The fourth-order valence-corrected chi connectivity index (χ4v) is 3.37. The standard InChI is InChI=1S/C17H25N/c1-2-18-16(11-10-14-8-9-14)17(12-13-17)15-6-4-3-5-7-15/h3-7,14,16,18H,2,8-13H2,1H3. The lowest BCUT2D eigenvalue weighted by atomic mass is 9.85. The highest BCUT2D eigenvalue weighted by atomic mass is 14.9. The van der Waals surface area contributed by atoms with Gasteiger partial charge in [-0.1, -0.05) is 50.1 Å². The van der Waals surface area contributed by atoms with Crippen molar-refractivity contribution in [1.29, 1.82) is 0 Å². The molecule has 0 bridgehead atoms. The molecule has 0 saturated heterocycles. The number of hydrogen-bond acceptors (Lipinski definition) is 1. The molecule has 2 fully saturated rings. The Bertz CT molecular complexity index is 376. The van der Waals surface area contributed by atoms with E-state index in [4.69, 9.17) is 0 Å². The molecule has 1 unspecified atom stereocenters. The highest BCUT2D eigenvalue weighted by Crippen LogP contribution is 2.52. The summed E-state index contributed by atoms with van der Waals surface area (Å²) in [7, 11) is 0. The summed E-state index contributed by atoms with van der Waals surface area (Å²) < 4.78 is 0. The zero-order valence-electron chi connectivity index (χ0n) is 11.5. The maximum Gasteiger partial charge on any atom is 0.0164 e. The fraction of sp³-hybridized carbons (Fsp3) is 0.647. The Kier molecular flexibility index (Phi) is 3.43. The smallest absolute Gasteiger partial charge is 0.0164 e. The van der Waals surface area contributed by atoms with Gasteiger partial charge in [-0.2, -0.15) is 0 Å². The van der Waals surface area contributed by atoms with Crippen molar-refractivity contribution in [2.24, 2.45) is 5.92 Å². The Morgan fingerprint density at radius 3 is 2.50 bits per heavy atom. The van der Waals surface area contributed by atoms with Gasteiger partial charge in [0.05, 0.1) is 0 Å². The number of hydrogen-bond donors (Lipinski definition) is 1. The highest BCUT2D eigenvalue weighted by molar-refractivity contribution is 5.33. The van der Waals surface area contributed by atoms with Crippen LogP contribution in [0.3, 0.4) is 0 Å². The quantitative estimate of drug-likeness (QED) is 0.766. The van der Waals surface area contributed by atoms with Gasteiger partial charge in [-0.15, -0.1) is 0 Å². The molecule has 98 valence electrons. The summed E-state index contributed by atoms with van der Waals surface area (Å²) in [6.07, 6.45) is 8.52. The van der Waals surface area contributed by atoms with E-state index in [2.05, 4.69) is 42.6 Å². The largest absolute Gasteiger partial charge is 0.313 e. The van der Waals surface area contributed by atoms with E-state index in [0.29, 0.717) is 11.5 Å². The first kappa shape index (κ1) is 12.2. The molecule has 1 N–H and O–H groups in total. The maximum absolute atomic E-state index is 3.77. The van der Waals surface area contributed by atoms with E-state index in [0.717, 1.165) is 12.5 Å². The summed E-state index contributed by atoms with van der Waals surface area (Å²) in [4.78, 5) is 0. The van der Waals surface area contributed by atoms with Gasteiger partial charge in [0.2, 0.25) is 0 Å². The predicted octanol–water partition coefficient (Wildman–Crippen LogP) is 3.89. The Labute approximate surface area is 111 Å². The van der Waals surface area contributed by atoms with Gasteiger partial charge in [0.1, 0.15) is 0 Å². The van der Waals surface area contributed by atoms with Crippen molar-refractivity contribution in [1.82, 2.24) is 5.32 Å². The molecule has 18 heavy (non-hydrogen) atoms. The first-order valence-electron chi connectivity index (χ1n) is 7.64. The van der Waals surface area contributed by atoms with E-state index in [-0.39, 0.29) is 0 Å². The molecule has 0 radical (unpaired) electrons. The van der Waals surface area contributed by atoms with Gasteiger partial charge >= 0.3 is 0 Å². The molecule has 2 aliphatic carbocycles. The first-order valence-corrected chi connectivity index (χ1v) is 7.64. The average molecular weight is 243 g/mol. The number of rotatable bonds is 7. The molecule has 0 heterocycles. The van der Waals surface area contributed by atoms with Crippen molar-refractivity contribution in [3.63, 3.8) is 0 Å². The van der Waals surface area contributed by atoms with Crippen LogP contribution < -0.4 is 5.32 Å². The summed E-state index contributed by atoms with van der Waals surface area (Å²) in [5.41, 5.74) is 2.03. The van der Waals surface area contributed by atoms with Crippen LogP contribution in [-0.4, -0.2) is 12.6 Å². The molecule has 1 heteroatoms. The highest BCUT2D eigenvalue weighted by Gasteiger charge is 2.50. The van der Waals surface area contributed by atoms with Gasteiger partial charge in [0.25, 0.3) is 0 Å². The third-order valence-corrected chi connectivity index (χ3v) is 4.82. The van der Waals surface area contributed by atoms with Gasteiger partial charge in [-0.3, -0.25) is 0 Å². The summed E-state index contributed by atoms with van der Waals surface area (Å²) in [5.74, 6) is 1.05. The molecular formula is C17H25N. The van der Waals surface area contributed by atoms with Crippen molar-refractivity contribution in [2.45, 2.75) is 56.9 Å². The second-order valence-electron chi connectivity index (χ2n) is 6.15. The lowest BCUT2D eigenvalue weighted by molar-refractivity contribution is 0.383. The van der Waals surface area contributed by atoms with E-state index in [9.17, 15) is 0 Å². The van der Waals surface area contributed by atoms with E-state index >= 15 is 0 Å². The summed E-state index contributed by atoms with van der Waals surface area (Å²) in [5, 5.41) is 3.77. The zero-order chi connectivity index (χ0) is 12.4. The molecular weight excluding hydrogens is 218 g/mol. The van der Waals surface area contributed by atoms with Gasteiger partial charge in [0, 0.05) is 11.5 Å². The van der Waals surface area contributed by atoms with Gasteiger partial charge < -0.3 is 5.32 Å². The lowest BCUT2D eigenvalue weighted by Crippen LogP contribution is -2.40. The Hall–Kier alpha value is -0.820. The Balaban J connectivity index is 1.71. The second kappa shape index (κ2) is 5.05. The van der Waals surface area contributed by atoms with Gasteiger partial charge in [0.15, 0.2) is 0 Å². The normalized spacial score (nSPS) is 22.7. The number of likely N-dealkylation sites (N-methyl/N-ethyl adjacent to an activating group) is 1. The van der Waals surface area contributed by atoms with Crippen LogP contribution in [0, 0.1) is 5.92 Å². The maximum atomic E-state index is 3.77. The summed E-state index contributed by atoms with van der Waals surface area (Å²) in [6.45, 7) is 3.34. The third kappa shape index (κ3) is 2.47. The van der Waals surface area contributed by atoms with Crippen LogP contribution in [0.15, 0.2) is 30.3 Å². The van der Waals surface area contributed by atoms with Crippen LogP contribution in [0.25, 0.3) is 0 Å². The average Bonchev–Trinajstić information content (AvgIpc) is 3.29. The van der Waals surface area contributed by atoms with E-state index < -0.39 is 0 Å². The minimum atomic E-state index is 0.464. The molecule has 0 aromatic heterocycles. The van der Waals surface area contributed by atoms with Crippen LogP contribution in [0.2, 0.25) is 0 Å². The third-order valence-electron chi connectivity index (χ3n) is 4.82. The van der Waals surface area contributed by atoms with Crippen LogP contribution in [0.5, 0.6) is 0 Å². The summed E-state index contributed by atoms with van der Waals surface area (Å²) in [6, 6.07) is 11.9. The molecule has 1 aromatic rings. The molecule has 1 nitrogen and oxygen atoms in total. The zero-order valence-corrected chi connectivity index (χ0v) is 11.5. The molecule has 3 rings (SSSR count). The molecule has 0 aliphatic heterocycles. The second-order valence-corrected chi connectivity index (χ2v) is 6.15. The minimum absolute atomic E-state index is 0.464. The molecule has 2 aliphatic rings. The van der Waals surface area contributed by atoms with Crippen molar-refractivity contribution < 1.29 is 0 Å². The molecule has 0 spiro atoms. The number of benzene rings is 1. The van der Waals surface area contributed by atoms with Gasteiger partial charge in [-0.05, 0) is 43.7 Å². The van der Waals surface area contributed by atoms with Crippen molar-refractivity contribution in [3.05, 3.63) is 35.9 Å². The fourth-order valence-electron chi connectivity index (χ4n) is 3.37. The molecule has 1 atom stereocenters. The lowest BCUT2D eigenvalue weighted by Gasteiger charge is -2.28. The molecule has 0 amide bonds. The monoisotopic (exact) mass is 243 g/mol. The summed E-state index contributed by atoms with van der Waals surface area (Å²) >= 11 is 0. The van der Waals surface area contributed by atoms with Crippen molar-refractivity contribution in [3.8, 4) is 0 Å². The first-order chi connectivity index (χ1) is 8.85. The molecule has 1 aromatic carbocycles. The van der Waals surface area contributed by atoms with Crippen LogP contribution >= 0.6 is 0 Å². The predicted molar refractivity (Wildman–Crippen MR) is 76.8 cm³/mol. The van der Waals surface area contributed by atoms with E-state index in [1.165, 1.54) is 38.5 Å². The van der Waals surface area contributed by atoms with Crippen molar-refractivity contribution in [2.75, 3.05) is 6.54 Å². The van der Waals surface area contributed by atoms with Gasteiger partial charge in [-0.25, -0.2) is 0 Å². The topological polar surface area (TPSA) is 12.0 Å². The van der Waals surface area contributed by atoms with Crippen molar-refractivity contribution >= 4 is 0 Å². The Morgan fingerprint density at radius 1 is 1.22 bits per heavy atom. The molecule has 2 saturated carbocycles. The SMILES string of the molecule is CCNC(CCC1CC1)C1(c2ccccc2)CC1. The van der Waals surface area contributed by atoms with Crippen LogP contribution in [0.1, 0.15) is 51.0 Å². The van der Waals surface area contributed by atoms with Crippen LogP contribution in [0.4, 0.5) is 0 Å². The minimum Gasteiger partial charge on any atom is -0.313 e. The van der Waals surface area contributed by atoms with E-state index in [1.54, 1.807) is 5.56 Å². The van der Waals surface area contributed by atoms with Crippen LogP contribution in [-0.2, 0) is 5.41 Å². The van der Waals surface area contributed by atoms with E-state index in [1.807, 2.05) is 0 Å². The number of nitrogens with one attached hydrogen (secondary N) is 1. The Morgan fingerprint density at radius 2 is 1.94 bits per heavy atom.